The van der Waals surface area contributed by atoms with E-state index in [0.717, 1.165) is 10.0 Å². The topological polar surface area (TPSA) is 50.9 Å². The average molecular weight is 314 g/mol. The molecular weight excluding hydrogens is 304 g/mol. The summed E-state index contributed by atoms with van der Waals surface area (Å²) in [5, 5.41) is 2.79. The lowest BCUT2D eigenvalue weighted by Crippen LogP contribution is -2.03. The third-order valence-electron chi connectivity index (χ3n) is 2.41. The molecule has 2 rings (SSSR count). The first-order valence-electron chi connectivity index (χ1n) is 5.12. The SMILES string of the molecule is Cc1ccc(Br)cc1Nc1nc(N)c(F)cc1F. The molecule has 0 bridgehead atoms. The van der Waals surface area contributed by atoms with Crippen LogP contribution in [-0.2, 0) is 0 Å². The van der Waals surface area contributed by atoms with Gasteiger partial charge in [-0.1, -0.05) is 22.0 Å². The second kappa shape index (κ2) is 4.89. The Bertz CT molecular complexity index is 602. The first-order valence-corrected chi connectivity index (χ1v) is 5.91. The Morgan fingerprint density at radius 3 is 2.67 bits per heavy atom. The number of pyridine rings is 1. The van der Waals surface area contributed by atoms with Crippen molar-refractivity contribution in [3.8, 4) is 0 Å². The number of anilines is 3. The van der Waals surface area contributed by atoms with E-state index < -0.39 is 11.6 Å². The number of hydrogen-bond acceptors (Lipinski definition) is 3. The molecule has 0 fully saturated rings. The molecule has 0 atom stereocenters. The summed E-state index contributed by atoms with van der Waals surface area (Å²) < 4.78 is 27.3. The number of aromatic nitrogens is 1. The molecule has 0 saturated carbocycles. The van der Waals surface area contributed by atoms with Crippen molar-refractivity contribution in [2.45, 2.75) is 6.92 Å². The minimum absolute atomic E-state index is 0.102. The first kappa shape index (κ1) is 12.8. The smallest absolute Gasteiger partial charge is 0.169 e. The molecule has 0 aliphatic rings. The van der Waals surface area contributed by atoms with Gasteiger partial charge in [0.05, 0.1) is 0 Å². The lowest BCUT2D eigenvalue weighted by atomic mass is 10.2. The molecule has 0 unspecified atom stereocenters. The summed E-state index contributed by atoms with van der Waals surface area (Å²) in [4.78, 5) is 3.64. The fourth-order valence-corrected chi connectivity index (χ4v) is 1.79. The third-order valence-corrected chi connectivity index (χ3v) is 2.90. The molecule has 1 aromatic heterocycles. The Balaban J connectivity index is 2.40. The Kier molecular flexibility index (Phi) is 3.47. The second-order valence-electron chi connectivity index (χ2n) is 3.77. The number of nitrogens with two attached hydrogens (primary N) is 1. The van der Waals surface area contributed by atoms with Gasteiger partial charge in [-0.3, -0.25) is 0 Å². The van der Waals surface area contributed by atoms with Gasteiger partial charge in [-0.25, -0.2) is 13.8 Å². The summed E-state index contributed by atoms with van der Waals surface area (Å²) in [6, 6.07) is 6.20. The number of hydrogen-bond donors (Lipinski definition) is 2. The quantitative estimate of drug-likeness (QED) is 0.887. The monoisotopic (exact) mass is 313 g/mol. The molecule has 3 N–H and O–H groups in total. The summed E-state index contributed by atoms with van der Waals surface area (Å²) in [7, 11) is 0. The molecule has 1 aromatic carbocycles. The number of halogens is 3. The Morgan fingerprint density at radius 2 is 1.94 bits per heavy atom. The summed E-state index contributed by atoms with van der Waals surface area (Å²) in [5.41, 5.74) is 6.88. The van der Waals surface area contributed by atoms with Gasteiger partial charge in [-0.15, -0.1) is 0 Å². The Morgan fingerprint density at radius 1 is 1.22 bits per heavy atom. The molecule has 1 heterocycles. The van der Waals surface area contributed by atoms with Crippen molar-refractivity contribution in [3.63, 3.8) is 0 Å². The predicted molar refractivity (Wildman–Crippen MR) is 70.7 cm³/mol. The normalized spacial score (nSPS) is 10.4. The van der Waals surface area contributed by atoms with Gasteiger partial charge in [0.1, 0.15) is 0 Å². The van der Waals surface area contributed by atoms with E-state index in [9.17, 15) is 8.78 Å². The van der Waals surface area contributed by atoms with Crippen molar-refractivity contribution in [3.05, 3.63) is 45.9 Å². The molecule has 94 valence electrons. The van der Waals surface area contributed by atoms with Gasteiger partial charge in [0.2, 0.25) is 0 Å². The summed E-state index contributed by atoms with van der Waals surface area (Å²) >= 11 is 3.32. The maximum Gasteiger partial charge on any atom is 0.169 e. The second-order valence-corrected chi connectivity index (χ2v) is 4.69. The lowest BCUT2D eigenvalue weighted by Gasteiger charge is -2.10. The van der Waals surface area contributed by atoms with Crippen LogP contribution < -0.4 is 11.1 Å². The highest BCUT2D eigenvalue weighted by molar-refractivity contribution is 9.10. The number of benzene rings is 1. The van der Waals surface area contributed by atoms with Crippen molar-refractivity contribution >= 4 is 33.3 Å². The van der Waals surface area contributed by atoms with Gasteiger partial charge in [-0.2, -0.15) is 0 Å². The molecule has 6 heteroatoms. The first-order chi connectivity index (χ1) is 8.47. The van der Waals surface area contributed by atoms with Crippen molar-refractivity contribution < 1.29 is 8.78 Å². The highest BCUT2D eigenvalue weighted by Crippen LogP contribution is 2.26. The van der Waals surface area contributed by atoms with E-state index in [1.807, 2.05) is 19.1 Å². The van der Waals surface area contributed by atoms with Gasteiger partial charge >= 0.3 is 0 Å². The maximum absolute atomic E-state index is 13.5. The molecular formula is C12H10BrF2N3. The Labute approximate surface area is 111 Å². The van der Waals surface area contributed by atoms with Crippen molar-refractivity contribution in [1.29, 1.82) is 0 Å². The minimum atomic E-state index is -0.871. The van der Waals surface area contributed by atoms with Gasteiger partial charge in [0.25, 0.3) is 0 Å². The lowest BCUT2D eigenvalue weighted by molar-refractivity contribution is 0.581. The molecule has 18 heavy (non-hydrogen) atoms. The van der Waals surface area contributed by atoms with Crippen LogP contribution in [0.15, 0.2) is 28.7 Å². The van der Waals surface area contributed by atoms with Crippen LogP contribution in [0.5, 0.6) is 0 Å². The zero-order valence-electron chi connectivity index (χ0n) is 9.47. The van der Waals surface area contributed by atoms with E-state index in [0.29, 0.717) is 11.8 Å². The molecule has 0 aliphatic heterocycles. The third kappa shape index (κ3) is 2.59. The zero-order valence-corrected chi connectivity index (χ0v) is 11.1. The van der Waals surface area contributed by atoms with Crippen molar-refractivity contribution in [2.75, 3.05) is 11.1 Å². The average Bonchev–Trinajstić information content (AvgIpc) is 2.30. The van der Waals surface area contributed by atoms with Crippen LogP contribution in [0.1, 0.15) is 5.56 Å². The van der Waals surface area contributed by atoms with Crippen LogP contribution in [0.2, 0.25) is 0 Å². The fraction of sp³-hybridized carbons (Fsp3) is 0.0833. The molecule has 0 amide bonds. The zero-order chi connectivity index (χ0) is 13.3. The number of rotatable bonds is 2. The number of nitrogen functional groups attached to an aromatic ring is 1. The number of aryl methyl sites for hydroxylation is 1. The predicted octanol–water partition coefficient (Wildman–Crippen LogP) is 3.76. The van der Waals surface area contributed by atoms with Gasteiger partial charge in [0, 0.05) is 16.2 Å². The highest BCUT2D eigenvalue weighted by Gasteiger charge is 2.10. The fourth-order valence-electron chi connectivity index (χ4n) is 1.42. The van der Waals surface area contributed by atoms with Gasteiger partial charge in [-0.05, 0) is 24.6 Å². The van der Waals surface area contributed by atoms with E-state index in [-0.39, 0.29) is 11.6 Å². The molecule has 0 saturated heterocycles. The van der Waals surface area contributed by atoms with E-state index in [1.54, 1.807) is 6.07 Å². The summed E-state index contributed by atoms with van der Waals surface area (Å²) in [6.07, 6.45) is 0. The van der Waals surface area contributed by atoms with E-state index in [4.69, 9.17) is 5.73 Å². The maximum atomic E-state index is 13.5. The summed E-state index contributed by atoms with van der Waals surface area (Å²) in [5.74, 6) is -2.10. The molecule has 0 spiro atoms. The van der Waals surface area contributed by atoms with Crippen LogP contribution in [0.4, 0.5) is 26.1 Å². The molecule has 0 aliphatic carbocycles. The molecule has 3 nitrogen and oxygen atoms in total. The minimum Gasteiger partial charge on any atom is -0.381 e. The van der Waals surface area contributed by atoms with Crippen molar-refractivity contribution in [2.24, 2.45) is 0 Å². The Hall–Kier alpha value is -1.69. The highest BCUT2D eigenvalue weighted by atomic mass is 79.9. The van der Waals surface area contributed by atoms with Crippen LogP contribution in [0.3, 0.4) is 0 Å². The molecule has 2 aromatic rings. The van der Waals surface area contributed by atoms with E-state index >= 15 is 0 Å². The summed E-state index contributed by atoms with van der Waals surface area (Å²) in [6.45, 7) is 1.86. The van der Waals surface area contributed by atoms with Crippen LogP contribution in [-0.4, -0.2) is 4.98 Å². The van der Waals surface area contributed by atoms with Crippen LogP contribution in [0.25, 0.3) is 0 Å². The van der Waals surface area contributed by atoms with Crippen LogP contribution >= 0.6 is 15.9 Å². The van der Waals surface area contributed by atoms with Crippen molar-refractivity contribution in [1.82, 2.24) is 4.98 Å². The standard InChI is InChI=1S/C12H10BrF2N3/c1-6-2-3-7(13)4-10(6)17-12-9(15)5-8(14)11(16)18-12/h2-5H,1H3,(H3,16,17,18). The van der Waals surface area contributed by atoms with E-state index in [1.165, 1.54) is 0 Å². The molecule has 0 radical (unpaired) electrons. The van der Waals surface area contributed by atoms with Gasteiger partial charge in [0.15, 0.2) is 23.3 Å². The van der Waals surface area contributed by atoms with Gasteiger partial charge < -0.3 is 11.1 Å². The largest absolute Gasteiger partial charge is 0.381 e. The van der Waals surface area contributed by atoms with Crippen LogP contribution in [0, 0.1) is 18.6 Å². The van der Waals surface area contributed by atoms with E-state index in [2.05, 4.69) is 26.2 Å². The number of nitrogens with one attached hydrogen (secondary N) is 1. The number of nitrogens with zero attached hydrogens (tertiary/aromatic N) is 1.